The standard InChI is InChI=1S/C14H27N3/c1-6-12(5)17-9-8-13(16-17)10-15-14(7-2)11(3)4/h8-9,11-12,14-15H,6-7,10H2,1-5H3. The Kier molecular flexibility index (Phi) is 5.69. The molecule has 1 aromatic rings. The molecule has 2 unspecified atom stereocenters. The molecule has 2 atom stereocenters. The van der Waals surface area contributed by atoms with Gasteiger partial charge < -0.3 is 5.32 Å². The molecule has 1 aromatic heterocycles. The lowest BCUT2D eigenvalue weighted by Gasteiger charge is -2.20. The van der Waals surface area contributed by atoms with Gasteiger partial charge >= 0.3 is 0 Å². The molecule has 17 heavy (non-hydrogen) atoms. The molecule has 0 aliphatic carbocycles. The van der Waals surface area contributed by atoms with Crippen LogP contribution in [-0.2, 0) is 6.54 Å². The lowest BCUT2D eigenvalue weighted by Crippen LogP contribution is -2.32. The normalized spacial score (nSPS) is 15.2. The number of nitrogens with zero attached hydrogens (tertiary/aromatic N) is 2. The number of nitrogens with one attached hydrogen (secondary N) is 1. The van der Waals surface area contributed by atoms with Crippen LogP contribution in [0.4, 0.5) is 0 Å². The van der Waals surface area contributed by atoms with Gasteiger partial charge in [0.05, 0.1) is 5.69 Å². The Morgan fingerprint density at radius 1 is 1.24 bits per heavy atom. The van der Waals surface area contributed by atoms with E-state index in [4.69, 9.17) is 0 Å². The first-order chi connectivity index (χ1) is 8.08. The highest BCUT2D eigenvalue weighted by Gasteiger charge is 2.11. The highest BCUT2D eigenvalue weighted by atomic mass is 15.3. The quantitative estimate of drug-likeness (QED) is 0.788. The zero-order valence-electron chi connectivity index (χ0n) is 11.9. The summed E-state index contributed by atoms with van der Waals surface area (Å²) in [7, 11) is 0. The second kappa shape index (κ2) is 6.80. The fourth-order valence-corrected chi connectivity index (χ4v) is 1.99. The molecule has 0 aliphatic heterocycles. The summed E-state index contributed by atoms with van der Waals surface area (Å²) in [6.45, 7) is 12.0. The van der Waals surface area contributed by atoms with Crippen LogP contribution in [0.1, 0.15) is 59.2 Å². The van der Waals surface area contributed by atoms with Crippen molar-refractivity contribution >= 4 is 0 Å². The summed E-state index contributed by atoms with van der Waals surface area (Å²) in [4.78, 5) is 0. The molecule has 0 saturated carbocycles. The Labute approximate surface area is 106 Å². The van der Waals surface area contributed by atoms with E-state index in [1.54, 1.807) is 0 Å². The van der Waals surface area contributed by atoms with E-state index in [9.17, 15) is 0 Å². The van der Waals surface area contributed by atoms with Gasteiger partial charge in [-0.1, -0.05) is 27.7 Å². The molecule has 0 saturated heterocycles. The molecular weight excluding hydrogens is 210 g/mol. The van der Waals surface area contributed by atoms with E-state index in [0.29, 0.717) is 18.0 Å². The predicted octanol–water partition coefficient (Wildman–Crippen LogP) is 3.38. The van der Waals surface area contributed by atoms with Crippen LogP contribution in [0.25, 0.3) is 0 Å². The van der Waals surface area contributed by atoms with Crippen molar-refractivity contribution in [2.24, 2.45) is 5.92 Å². The monoisotopic (exact) mass is 237 g/mol. The average Bonchev–Trinajstić information content (AvgIpc) is 2.77. The SMILES string of the molecule is CCC(NCc1ccn(C(C)CC)n1)C(C)C. The zero-order valence-corrected chi connectivity index (χ0v) is 11.9. The molecule has 1 rings (SSSR count). The third-order valence-electron chi connectivity index (χ3n) is 3.50. The van der Waals surface area contributed by atoms with Gasteiger partial charge in [0.1, 0.15) is 0 Å². The maximum Gasteiger partial charge on any atom is 0.0762 e. The van der Waals surface area contributed by atoms with Crippen LogP contribution < -0.4 is 5.32 Å². The predicted molar refractivity (Wildman–Crippen MR) is 73.0 cm³/mol. The Hall–Kier alpha value is -0.830. The molecular formula is C14H27N3. The van der Waals surface area contributed by atoms with Gasteiger partial charge in [-0.2, -0.15) is 5.10 Å². The van der Waals surface area contributed by atoms with Crippen LogP contribution >= 0.6 is 0 Å². The molecule has 0 spiro atoms. The van der Waals surface area contributed by atoms with E-state index in [2.05, 4.69) is 62.0 Å². The van der Waals surface area contributed by atoms with Crippen molar-refractivity contribution in [2.75, 3.05) is 0 Å². The maximum absolute atomic E-state index is 4.60. The van der Waals surface area contributed by atoms with Gasteiger partial charge in [-0.25, -0.2) is 0 Å². The summed E-state index contributed by atoms with van der Waals surface area (Å²) in [5, 5.41) is 8.18. The van der Waals surface area contributed by atoms with E-state index in [1.165, 1.54) is 6.42 Å². The van der Waals surface area contributed by atoms with Crippen molar-refractivity contribution < 1.29 is 0 Å². The Morgan fingerprint density at radius 3 is 2.47 bits per heavy atom. The summed E-state index contributed by atoms with van der Waals surface area (Å²) in [5.41, 5.74) is 1.14. The smallest absolute Gasteiger partial charge is 0.0762 e. The summed E-state index contributed by atoms with van der Waals surface area (Å²) in [5.74, 6) is 0.677. The molecule has 0 aliphatic rings. The first kappa shape index (κ1) is 14.2. The summed E-state index contributed by atoms with van der Waals surface area (Å²) in [6.07, 6.45) is 4.38. The van der Waals surface area contributed by atoms with Crippen molar-refractivity contribution in [1.29, 1.82) is 0 Å². The Morgan fingerprint density at radius 2 is 1.94 bits per heavy atom. The van der Waals surface area contributed by atoms with Crippen molar-refractivity contribution in [3.8, 4) is 0 Å². The lowest BCUT2D eigenvalue weighted by atomic mass is 10.0. The van der Waals surface area contributed by atoms with Crippen LogP contribution in [0.15, 0.2) is 12.3 Å². The fraction of sp³-hybridized carbons (Fsp3) is 0.786. The number of aromatic nitrogens is 2. The maximum atomic E-state index is 4.60. The molecule has 98 valence electrons. The highest BCUT2D eigenvalue weighted by molar-refractivity contribution is 4.99. The minimum atomic E-state index is 0.496. The topological polar surface area (TPSA) is 29.9 Å². The van der Waals surface area contributed by atoms with Gasteiger partial charge in [0.2, 0.25) is 0 Å². The average molecular weight is 237 g/mol. The molecule has 3 heteroatoms. The van der Waals surface area contributed by atoms with Crippen LogP contribution in [0, 0.1) is 5.92 Å². The van der Waals surface area contributed by atoms with Gasteiger partial charge in [-0.05, 0) is 31.7 Å². The Bertz CT molecular complexity index is 317. The number of hydrogen-bond acceptors (Lipinski definition) is 2. The van der Waals surface area contributed by atoms with Gasteiger partial charge in [-0.3, -0.25) is 4.68 Å². The van der Waals surface area contributed by atoms with Crippen LogP contribution in [-0.4, -0.2) is 15.8 Å². The van der Waals surface area contributed by atoms with Crippen molar-refractivity contribution in [3.05, 3.63) is 18.0 Å². The molecule has 0 fully saturated rings. The first-order valence-corrected chi connectivity index (χ1v) is 6.85. The van der Waals surface area contributed by atoms with Crippen LogP contribution in [0.2, 0.25) is 0 Å². The van der Waals surface area contributed by atoms with Gasteiger partial charge in [0.15, 0.2) is 0 Å². The summed E-state index contributed by atoms with van der Waals surface area (Å²) in [6, 6.07) is 3.20. The van der Waals surface area contributed by atoms with Gasteiger partial charge in [-0.15, -0.1) is 0 Å². The van der Waals surface area contributed by atoms with E-state index >= 15 is 0 Å². The van der Waals surface area contributed by atoms with Gasteiger partial charge in [0.25, 0.3) is 0 Å². The third kappa shape index (κ3) is 4.15. The largest absolute Gasteiger partial charge is 0.308 e. The Balaban J connectivity index is 2.49. The molecule has 1 N–H and O–H groups in total. The summed E-state index contributed by atoms with van der Waals surface area (Å²) < 4.78 is 2.06. The summed E-state index contributed by atoms with van der Waals surface area (Å²) >= 11 is 0. The highest BCUT2D eigenvalue weighted by Crippen LogP contribution is 2.10. The number of rotatable bonds is 7. The molecule has 0 radical (unpaired) electrons. The number of hydrogen-bond donors (Lipinski definition) is 1. The van der Waals surface area contributed by atoms with Crippen molar-refractivity contribution in [3.63, 3.8) is 0 Å². The van der Waals surface area contributed by atoms with Crippen LogP contribution in [0.5, 0.6) is 0 Å². The van der Waals surface area contributed by atoms with E-state index in [0.717, 1.165) is 18.7 Å². The third-order valence-corrected chi connectivity index (χ3v) is 3.50. The molecule has 1 heterocycles. The molecule has 3 nitrogen and oxygen atoms in total. The van der Waals surface area contributed by atoms with E-state index in [1.807, 2.05) is 0 Å². The second-order valence-electron chi connectivity index (χ2n) is 5.18. The van der Waals surface area contributed by atoms with Gasteiger partial charge in [0, 0.05) is 24.8 Å². The first-order valence-electron chi connectivity index (χ1n) is 6.85. The van der Waals surface area contributed by atoms with E-state index in [-0.39, 0.29) is 0 Å². The second-order valence-corrected chi connectivity index (χ2v) is 5.18. The molecule has 0 bridgehead atoms. The minimum absolute atomic E-state index is 0.496. The molecule has 0 amide bonds. The van der Waals surface area contributed by atoms with Crippen LogP contribution in [0.3, 0.4) is 0 Å². The zero-order chi connectivity index (χ0) is 12.8. The molecule has 0 aromatic carbocycles. The fourth-order valence-electron chi connectivity index (χ4n) is 1.99. The van der Waals surface area contributed by atoms with Crippen molar-refractivity contribution in [1.82, 2.24) is 15.1 Å². The lowest BCUT2D eigenvalue weighted by molar-refractivity contribution is 0.383. The minimum Gasteiger partial charge on any atom is -0.308 e. The van der Waals surface area contributed by atoms with E-state index < -0.39 is 0 Å². The van der Waals surface area contributed by atoms with Crippen molar-refractivity contribution in [2.45, 2.75) is 66.1 Å².